The first-order chi connectivity index (χ1) is 14.9. The Bertz CT molecular complexity index is 887. The summed E-state index contributed by atoms with van der Waals surface area (Å²) >= 11 is 0. The quantitative estimate of drug-likeness (QED) is 0.746. The molecule has 1 fully saturated rings. The van der Waals surface area contributed by atoms with Crippen LogP contribution < -0.4 is 15.2 Å². The number of nitrogens with zero attached hydrogens (tertiary/aromatic N) is 3. The van der Waals surface area contributed by atoms with Crippen LogP contribution in [0.2, 0.25) is 0 Å². The Morgan fingerprint density at radius 2 is 1.94 bits per heavy atom. The minimum absolute atomic E-state index is 0.00722. The lowest BCUT2D eigenvalue weighted by Gasteiger charge is -2.25. The van der Waals surface area contributed by atoms with E-state index < -0.39 is 0 Å². The van der Waals surface area contributed by atoms with Crippen LogP contribution in [-0.4, -0.2) is 48.5 Å². The van der Waals surface area contributed by atoms with Gasteiger partial charge in [-0.25, -0.2) is 0 Å². The molecule has 1 aromatic heterocycles. The van der Waals surface area contributed by atoms with Gasteiger partial charge in [0.1, 0.15) is 17.9 Å². The van der Waals surface area contributed by atoms with Crippen LogP contribution >= 0.6 is 0 Å². The number of carbonyl (C=O) groups excluding carboxylic acids is 2. The van der Waals surface area contributed by atoms with E-state index in [1.54, 1.807) is 18.2 Å². The monoisotopic (exact) mass is 428 g/mol. The molecule has 2 N–H and O–H groups in total. The number of nitriles is 1. The lowest BCUT2D eigenvalue weighted by molar-refractivity contribution is -0.131. The molecule has 1 saturated heterocycles. The molecule has 3 rings (SSSR count). The molecule has 0 atom stereocenters. The van der Waals surface area contributed by atoms with Crippen LogP contribution in [0, 0.1) is 18.3 Å². The Balaban J connectivity index is 0.000000296. The lowest BCUT2D eigenvalue weighted by atomic mass is 10.1. The third-order valence-corrected chi connectivity index (χ3v) is 4.52. The van der Waals surface area contributed by atoms with Gasteiger partial charge >= 0.3 is 0 Å². The van der Waals surface area contributed by atoms with Crippen molar-refractivity contribution in [1.82, 2.24) is 9.88 Å². The van der Waals surface area contributed by atoms with E-state index in [4.69, 9.17) is 19.5 Å². The van der Waals surface area contributed by atoms with Crippen LogP contribution in [0.5, 0.6) is 11.5 Å². The Morgan fingerprint density at radius 3 is 2.48 bits per heavy atom. The SMILES string of the molecule is COc1ccnc2cc(C)c(OC(C)C)cc12.N#CCC(=O)N1CCCCC1.NC=O. The van der Waals surface area contributed by atoms with Crippen LogP contribution in [0.25, 0.3) is 10.9 Å². The zero-order chi connectivity index (χ0) is 23.2. The first-order valence-corrected chi connectivity index (χ1v) is 10.3. The van der Waals surface area contributed by atoms with Gasteiger partial charge in [-0.1, -0.05) is 0 Å². The lowest BCUT2D eigenvalue weighted by Crippen LogP contribution is -2.35. The molecule has 0 bridgehead atoms. The summed E-state index contributed by atoms with van der Waals surface area (Å²) < 4.78 is 11.1. The molecule has 0 saturated carbocycles. The number of amides is 2. The number of hydrogen-bond acceptors (Lipinski definition) is 6. The number of methoxy groups -OCH3 is 1. The molecule has 2 amide bonds. The summed E-state index contributed by atoms with van der Waals surface area (Å²) in [5, 5.41) is 9.25. The Hall–Kier alpha value is -3.34. The second-order valence-electron chi connectivity index (χ2n) is 7.23. The molecule has 0 spiro atoms. The van der Waals surface area contributed by atoms with Crippen LogP contribution in [0.4, 0.5) is 0 Å². The molecule has 8 nitrogen and oxygen atoms in total. The molecule has 2 heterocycles. The van der Waals surface area contributed by atoms with Gasteiger partial charge in [-0.3, -0.25) is 14.6 Å². The van der Waals surface area contributed by atoms with Gasteiger partial charge < -0.3 is 20.1 Å². The first kappa shape index (κ1) is 25.7. The number of carbonyl (C=O) groups is 2. The maximum absolute atomic E-state index is 11.1. The van der Waals surface area contributed by atoms with Crippen molar-refractivity contribution in [1.29, 1.82) is 5.26 Å². The number of fused-ring (bicyclic) bond motifs is 1. The standard InChI is InChI=1S/C14H17NO2.C8H12N2O.CH3NO/c1-9(2)17-14-8-11-12(7-10(14)3)15-6-5-13(11)16-4;9-5-4-8(11)10-6-2-1-3-7-10;2-1-3/h5-9H,1-4H3;1-4,6-7H2;1H,(H2,2,3). The largest absolute Gasteiger partial charge is 0.496 e. The van der Waals surface area contributed by atoms with Crippen molar-refractivity contribution in [2.75, 3.05) is 20.2 Å². The normalized spacial score (nSPS) is 12.6. The van der Waals surface area contributed by atoms with E-state index in [9.17, 15) is 4.79 Å². The Kier molecular flexibility index (Phi) is 11.4. The summed E-state index contributed by atoms with van der Waals surface area (Å²) in [6.07, 6.45) is 5.61. The molecular formula is C23H32N4O4. The van der Waals surface area contributed by atoms with E-state index in [1.165, 1.54) is 6.42 Å². The fourth-order valence-electron chi connectivity index (χ4n) is 3.13. The van der Waals surface area contributed by atoms with Crippen molar-refractivity contribution in [3.63, 3.8) is 0 Å². The highest BCUT2D eigenvalue weighted by Crippen LogP contribution is 2.30. The second kappa shape index (κ2) is 13.8. The van der Waals surface area contributed by atoms with Crippen LogP contribution in [0.15, 0.2) is 24.4 Å². The molecule has 0 aliphatic carbocycles. The van der Waals surface area contributed by atoms with Gasteiger partial charge in [0.15, 0.2) is 0 Å². The molecule has 31 heavy (non-hydrogen) atoms. The molecule has 1 aliphatic heterocycles. The molecule has 2 aromatic rings. The van der Waals surface area contributed by atoms with Crippen molar-refractivity contribution in [3.8, 4) is 17.6 Å². The Labute approximate surface area is 183 Å². The van der Waals surface area contributed by atoms with E-state index >= 15 is 0 Å². The van der Waals surface area contributed by atoms with Gasteiger partial charge in [-0.2, -0.15) is 5.26 Å². The van der Waals surface area contributed by atoms with Crippen LogP contribution in [0.1, 0.15) is 45.1 Å². The summed E-state index contributed by atoms with van der Waals surface area (Å²) in [7, 11) is 1.66. The third-order valence-electron chi connectivity index (χ3n) is 4.52. The number of aromatic nitrogens is 1. The number of ether oxygens (including phenoxy) is 2. The third kappa shape index (κ3) is 8.51. The number of aryl methyl sites for hydroxylation is 1. The van der Waals surface area contributed by atoms with Crippen LogP contribution in [0.3, 0.4) is 0 Å². The summed E-state index contributed by atoms with van der Waals surface area (Å²) in [6.45, 7) is 7.76. The fourth-order valence-corrected chi connectivity index (χ4v) is 3.13. The summed E-state index contributed by atoms with van der Waals surface area (Å²) in [6, 6.07) is 7.75. The summed E-state index contributed by atoms with van der Waals surface area (Å²) in [5.41, 5.74) is 6.19. The minimum Gasteiger partial charge on any atom is -0.496 e. The van der Waals surface area contributed by atoms with Gasteiger partial charge in [0.05, 0.1) is 24.8 Å². The average molecular weight is 429 g/mol. The predicted octanol–water partition coefficient (Wildman–Crippen LogP) is 3.35. The molecule has 0 radical (unpaired) electrons. The first-order valence-electron chi connectivity index (χ1n) is 10.3. The number of piperidine rings is 1. The second-order valence-corrected chi connectivity index (χ2v) is 7.23. The zero-order valence-electron chi connectivity index (χ0n) is 18.8. The highest BCUT2D eigenvalue weighted by molar-refractivity contribution is 5.87. The van der Waals surface area contributed by atoms with Gasteiger partial charge in [0.2, 0.25) is 12.3 Å². The minimum atomic E-state index is -0.00722. The predicted molar refractivity (Wildman–Crippen MR) is 120 cm³/mol. The van der Waals surface area contributed by atoms with E-state index in [1.807, 2.05) is 45.0 Å². The van der Waals surface area contributed by atoms with Gasteiger partial charge in [-0.05, 0) is 63.8 Å². The molecule has 8 heteroatoms. The van der Waals surface area contributed by atoms with Crippen molar-refractivity contribution >= 4 is 23.2 Å². The van der Waals surface area contributed by atoms with Crippen LogP contribution in [-0.2, 0) is 9.59 Å². The van der Waals surface area contributed by atoms with Crippen molar-refractivity contribution in [2.45, 2.75) is 52.6 Å². The number of likely N-dealkylation sites (tertiary alicyclic amines) is 1. The maximum atomic E-state index is 11.1. The topological polar surface area (TPSA) is 119 Å². The number of hydrogen-bond donors (Lipinski definition) is 1. The van der Waals surface area contributed by atoms with Gasteiger partial charge in [-0.15, -0.1) is 0 Å². The van der Waals surface area contributed by atoms with E-state index in [0.29, 0.717) is 0 Å². The summed E-state index contributed by atoms with van der Waals surface area (Å²) in [5.74, 6) is 1.70. The Morgan fingerprint density at radius 1 is 1.29 bits per heavy atom. The average Bonchev–Trinajstić information content (AvgIpc) is 2.75. The number of pyridine rings is 1. The van der Waals surface area contributed by atoms with E-state index in [0.717, 1.165) is 53.9 Å². The van der Waals surface area contributed by atoms with Gasteiger partial charge in [0, 0.05) is 24.7 Å². The van der Waals surface area contributed by atoms with E-state index in [2.05, 4.69) is 10.7 Å². The summed E-state index contributed by atoms with van der Waals surface area (Å²) in [4.78, 5) is 25.8. The maximum Gasteiger partial charge on any atom is 0.236 e. The molecule has 1 aliphatic rings. The highest BCUT2D eigenvalue weighted by atomic mass is 16.5. The van der Waals surface area contributed by atoms with Gasteiger partial charge in [0.25, 0.3) is 0 Å². The molecule has 168 valence electrons. The number of nitrogens with two attached hydrogens (primary N) is 1. The number of primary amides is 1. The van der Waals surface area contributed by atoms with Crippen molar-refractivity contribution in [2.24, 2.45) is 5.73 Å². The number of benzene rings is 1. The highest BCUT2D eigenvalue weighted by Gasteiger charge is 2.15. The molecular weight excluding hydrogens is 396 g/mol. The van der Waals surface area contributed by atoms with Crippen molar-refractivity contribution < 1.29 is 19.1 Å². The molecule has 0 unspecified atom stereocenters. The smallest absolute Gasteiger partial charge is 0.236 e. The van der Waals surface area contributed by atoms with E-state index in [-0.39, 0.29) is 24.8 Å². The molecule has 1 aromatic carbocycles. The number of rotatable bonds is 4. The fraction of sp³-hybridized carbons (Fsp3) is 0.478. The zero-order valence-corrected chi connectivity index (χ0v) is 18.8. The van der Waals surface area contributed by atoms with Crippen molar-refractivity contribution in [3.05, 3.63) is 30.0 Å².